The summed E-state index contributed by atoms with van der Waals surface area (Å²) in [5.41, 5.74) is 0. The van der Waals surface area contributed by atoms with Crippen molar-refractivity contribution in [2.24, 2.45) is 0 Å². The first kappa shape index (κ1) is 14.0. The van der Waals surface area contributed by atoms with Crippen LogP contribution < -0.4 is 5.32 Å². The van der Waals surface area contributed by atoms with Crippen molar-refractivity contribution in [1.29, 1.82) is 0 Å². The number of hydrogen-bond donors (Lipinski definition) is 1. The van der Waals surface area contributed by atoms with Gasteiger partial charge >= 0.3 is 0 Å². The van der Waals surface area contributed by atoms with Crippen LogP contribution in [0.2, 0.25) is 0 Å². The molecule has 1 heterocycles. The van der Waals surface area contributed by atoms with E-state index in [1.165, 1.54) is 35.6 Å². The van der Waals surface area contributed by atoms with Crippen molar-refractivity contribution in [1.82, 2.24) is 15.2 Å². The Kier molecular flexibility index (Phi) is 5.60. The summed E-state index contributed by atoms with van der Waals surface area (Å²) in [7, 11) is 0. The van der Waals surface area contributed by atoms with Gasteiger partial charge in [0.25, 0.3) is 0 Å². The molecule has 4 heteroatoms. The second-order valence-electron chi connectivity index (χ2n) is 5.04. The molecule has 0 bridgehead atoms. The lowest BCUT2D eigenvalue weighted by Gasteiger charge is -2.15. The summed E-state index contributed by atoms with van der Waals surface area (Å²) in [5.74, 6) is 0. The molecule has 18 heavy (non-hydrogen) atoms. The zero-order valence-corrected chi connectivity index (χ0v) is 12.4. The number of hydrogen-bond acceptors (Lipinski definition) is 4. The smallest absolute Gasteiger partial charge is 0.107 e. The van der Waals surface area contributed by atoms with E-state index < -0.39 is 0 Å². The highest BCUT2D eigenvalue weighted by Gasteiger charge is 2.14. The molecule has 1 aliphatic rings. The van der Waals surface area contributed by atoms with Gasteiger partial charge in [0.2, 0.25) is 0 Å². The first-order valence-corrected chi connectivity index (χ1v) is 8.02. The third kappa shape index (κ3) is 4.04. The van der Waals surface area contributed by atoms with Crippen molar-refractivity contribution in [2.45, 2.75) is 58.7 Å². The second kappa shape index (κ2) is 7.22. The molecule has 1 aromatic heterocycles. The number of nitrogens with zero attached hydrogens (tertiary/aromatic N) is 2. The minimum absolute atomic E-state index is 0.748. The van der Waals surface area contributed by atoms with Gasteiger partial charge in [-0.1, -0.05) is 26.7 Å². The van der Waals surface area contributed by atoms with Crippen LogP contribution in [0.25, 0.3) is 0 Å². The maximum absolute atomic E-state index is 4.53. The van der Waals surface area contributed by atoms with E-state index in [4.69, 9.17) is 0 Å². The van der Waals surface area contributed by atoms with Crippen molar-refractivity contribution in [3.8, 4) is 0 Å². The molecular weight excluding hydrogens is 242 g/mol. The molecule has 1 aromatic rings. The van der Waals surface area contributed by atoms with Crippen LogP contribution in [0.4, 0.5) is 0 Å². The number of nitrogens with one attached hydrogen (secondary N) is 1. The van der Waals surface area contributed by atoms with Crippen LogP contribution >= 0.6 is 11.3 Å². The third-order valence-electron chi connectivity index (χ3n) is 3.77. The molecule has 0 aromatic carbocycles. The van der Waals surface area contributed by atoms with Gasteiger partial charge in [0.05, 0.1) is 6.54 Å². The summed E-state index contributed by atoms with van der Waals surface area (Å²) in [4.78, 5) is 8.32. The maximum Gasteiger partial charge on any atom is 0.107 e. The second-order valence-corrected chi connectivity index (χ2v) is 6.24. The molecule has 0 spiro atoms. The van der Waals surface area contributed by atoms with E-state index in [0.29, 0.717) is 0 Å². The highest BCUT2D eigenvalue weighted by Crippen LogP contribution is 2.19. The predicted octanol–water partition coefficient (Wildman–Crippen LogP) is 3.02. The molecule has 1 fully saturated rings. The van der Waals surface area contributed by atoms with E-state index in [1.807, 2.05) is 17.5 Å². The molecule has 0 radical (unpaired) electrons. The lowest BCUT2D eigenvalue weighted by molar-refractivity contribution is 0.295. The molecule has 1 N–H and O–H groups in total. The van der Waals surface area contributed by atoms with E-state index in [-0.39, 0.29) is 0 Å². The van der Waals surface area contributed by atoms with E-state index >= 15 is 0 Å². The highest BCUT2D eigenvalue weighted by molar-refractivity contribution is 7.11. The SMILES string of the molecule is CCN(CC)Cc1ncc(CNC2CCCC2)s1. The van der Waals surface area contributed by atoms with Gasteiger partial charge in [-0.2, -0.15) is 0 Å². The zero-order valence-electron chi connectivity index (χ0n) is 11.6. The van der Waals surface area contributed by atoms with Gasteiger partial charge < -0.3 is 5.32 Å². The van der Waals surface area contributed by atoms with Crippen LogP contribution in [0.1, 0.15) is 49.4 Å². The molecule has 0 aliphatic heterocycles. The minimum Gasteiger partial charge on any atom is -0.309 e. The Morgan fingerprint density at radius 2 is 2.06 bits per heavy atom. The summed E-state index contributed by atoms with van der Waals surface area (Å²) >= 11 is 1.86. The Bertz CT molecular complexity index is 341. The van der Waals surface area contributed by atoms with Gasteiger partial charge in [-0.3, -0.25) is 4.90 Å². The van der Waals surface area contributed by atoms with Gasteiger partial charge in [0.1, 0.15) is 5.01 Å². The van der Waals surface area contributed by atoms with Crippen LogP contribution in [-0.4, -0.2) is 29.0 Å². The van der Waals surface area contributed by atoms with E-state index in [1.54, 1.807) is 0 Å². The van der Waals surface area contributed by atoms with E-state index in [9.17, 15) is 0 Å². The minimum atomic E-state index is 0.748. The van der Waals surface area contributed by atoms with E-state index in [2.05, 4.69) is 29.0 Å². The average molecular weight is 267 g/mol. The summed E-state index contributed by atoms with van der Waals surface area (Å²) in [5, 5.41) is 4.90. The first-order valence-electron chi connectivity index (χ1n) is 7.21. The Morgan fingerprint density at radius 3 is 2.72 bits per heavy atom. The van der Waals surface area contributed by atoms with Gasteiger partial charge in [0, 0.05) is 23.7 Å². The van der Waals surface area contributed by atoms with Crippen LogP contribution in [0, 0.1) is 0 Å². The van der Waals surface area contributed by atoms with Crippen molar-refractivity contribution in [3.63, 3.8) is 0 Å². The highest BCUT2D eigenvalue weighted by atomic mass is 32.1. The van der Waals surface area contributed by atoms with Crippen LogP contribution in [0.3, 0.4) is 0 Å². The Hall–Kier alpha value is -0.450. The lowest BCUT2D eigenvalue weighted by atomic mass is 10.2. The van der Waals surface area contributed by atoms with Crippen molar-refractivity contribution >= 4 is 11.3 Å². The Labute approximate surface area is 115 Å². The van der Waals surface area contributed by atoms with Crippen molar-refractivity contribution in [3.05, 3.63) is 16.1 Å². The van der Waals surface area contributed by atoms with Crippen molar-refractivity contribution in [2.75, 3.05) is 13.1 Å². The molecule has 1 saturated carbocycles. The normalized spacial score (nSPS) is 16.8. The predicted molar refractivity (Wildman–Crippen MR) is 77.8 cm³/mol. The summed E-state index contributed by atoms with van der Waals surface area (Å²) in [6.07, 6.45) is 7.54. The Morgan fingerprint density at radius 1 is 1.33 bits per heavy atom. The quantitative estimate of drug-likeness (QED) is 0.823. The number of aromatic nitrogens is 1. The molecule has 0 unspecified atom stereocenters. The number of rotatable bonds is 7. The maximum atomic E-state index is 4.53. The standard InChI is InChI=1S/C14H25N3S/c1-3-17(4-2)11-14-16-10-13(18-14)9-15-12-7-5-6-8-12/h10,12,15H,3-9,11H2,1-2H3. The fourth-order valence-corrected chi connectivity index (χ4v) is 3.43. The fraction of sp³-hybridized carbons (Fsp3) is 0.786. The topological polar surface area (TPSA) is 28.2 Å². The first-order chi connectivity index (χ1) is 8.81. The van der Waals surface area contributed by atoms with Gasteiger partial charge in [-0.15, -0.1) is 11.3 Å². The average Bonchev–Trinajstić information content (AvgIpc) is 3.05. The molecule has 2 rings (SSSR count). The van der Waals surface area contributed by atoms with E-state index in [0.717, 1.165) is 32.2 Å². The third-order valence-corrected chi connectivity index (χ3v) is 4.76. The van der Waals surface area contributed by atoms with Crippen molar-refractivity contribution < 1.29 is 0 Å². The molecule has 0 atom stereocenters. The van der Waals surface area contributed by atoms with Crippen LogP contribution in [0.15, 0.2) is 6.20 Å². The largest absolute Gasteiger partial charge is 0.309 e. The summed E-state index contributed by atoms with van der Waals surface area (Å²) < 4.78 is 0. The summed E-state index contributed by atoms with van der Waals surface area (Å²) in [6.45, 7) is 8.62. The van der Waals surface area contributed by atoms with Gasteiger partial charge in [0.15, 0.2) is 0 Å². The van der Waals surface area contributed by atoms with Gasteiger partial charge in [-0.25, -0.2) is 4.98 Å². The molecule has 102 valence electrons. The van der Waals surface area contributed by atoms with Crippen LogP contribution in [-0.2, 0) is 13.1 Å². The molecule has 0 saturated heterocycles. The van der Waals surface area contributed by atoms with Gasteiger partial charge in [-0.05, 0) is 25.9 Å². The zero-order chi connectivity index (χ0) is 12.8. The monoisotopic (exact) mass is 267 g/mol. The molecule has 3 nitrogen and oxygen atoms in total. The molecular formula is C14H25N3S. The Balaban J connectivity index is 1.78. The number of thiazole rings is 1. The van der Waals surface area contributed by atoms with Crippen LogP contribution in [0.5, 0.6) is 0 Å². The fourth-order valence-electron chi connectivity index (χ4n) is 2.52. The molecule has 1 aliphatic carbocycles. The molecule has 0 amide bonds. The summed E-state index contributed by atoms with van der Waals surface area (Å²) in [6, 6.07) is 0.748. The lowest BCUT2D eigenvalue weighted by Crippen LogP contribution is -2.24.